The summed E-state index contributed by atoms with van der Waals surface area (Å²) in [6.07, 6.45) is 14.1. The highest BCUT2D eigenvalue weighted by Gasteiger charge is 2.57. The van der Waals surface area contributed by atoms with Crippen molar-refractivity contribution < 1.29 is 50.9 Å². The summed E-state index contributed by atoms with van der Waals surface area (Å²) in [5.74, 6) is 8.21. The Bertz CT molecular complexity index is 6760. The van der Waals surface area contributed by atoms with Crippen LogP contribution in [0.2, 0.25) is 0 Å². The van der Waals surface area contributed by atoms with Crippen molar-refractivity contribution in [3.05, 3.63) is 208 Å². The topological polar surface area (TPSA) is 418 Å². The van der Waals surface area contributed by atoms with Crippen molar-refractivity contribution in [1.29, 1.82) is 0 Å². The summed E-state index contributed by atoms with van der Waals surface area (Å²) < 4.78 is 82.1. The highest BCUT2D eigenvalue weighted by molar-refractivity contribution is 5.93. The van der Waals surface area contributed by atoms with E-state index in [0.717, 1.165) is 226 Å². The number of carbonyl (C=O) groups excluding carboxylic acids is 3. The van der Waals surface area contributed by atoms with E-state index in [1.54, 1.807) is 131 Å². The van der Waals surface area contributed by atoms with Crippen molar-refractivity contribution in [3.8, 4) is 91.5 Å². The van der Waals surface area contributed by atoms with Crippen LogP contribution in [-0.2, 0) is 40.1 Å². The Balaban J connectivity index is 0.000000105. The van der Waals surface area contributed by atoms with Crippen LogP contribution >= 0.6 is 0 Å². The Labute approximate surface area is 774 Å². The molecule has 5 aromatic heterocycles. The van der Waals surface area contributed by atoms with Crippen molar-refractivity contribution in [2.24, 2.45) is 63.9 Å². The molecule has 4 aliphatic heterocycles. The molecule has 9 aliphatic carbocycles. The maximum atomic E-state index is 14.5. The average molecular weight is 1830 g/mol. The lowest BCUT2D eigenvalue weighted by Gasteiger charge is -2.36. The van der Waals surface area contributed by atoms with Crippen LogP contribution in [-0.4, -0.2) is 174 Å². The number of hydrogen-bond acceptors (Lipinski definition) is 29. The van der Waals surface area contributed by atoms with Gasteiger partial charge in [-0.3, -0.25) is 14.4 Å². The monoisotopic (exact) mass is 1830 g/mol. The highest BCUT2D eigenvalue weighted by atomic mass is 19.1. The van der Waals surface area contributed by atoms with Crippen LogP contribution in [0, 0.1) is 64.2 Å². The Morgan fingerprint density at radius 3 is 1.02 bits per heavy atom. The summed E-state index contributed by atoms with van der Waals surface area (Å²) in [7, 11) is 7.17. The van der Waals surface area contributed by atoms with E-state index in [1.807, 2.05) is 7.05 Å². The fourth-order valence-electron chi connectivity index (χ4n) is 21.7. The van der Waals surface area contributed by atoms with E-state index in [1.165, 1.54) is 24.3 Å². The molecule has 4 saturated heterocycles. The Morgan fingerprint density at radius 1 is 0.393 bits per heavy atom. The normalized spacial score (nSPS) is 21.7. The molecule has 36 heteroatoms. The standard InChI is InChI=1S/C25H26FN7O.2C25H25FN6O2.C24H23FN6O2/c1-28-20-6-14(26)5-17-16(20)7-21-22(17)24(33-10-13-4-19(27)18(13)11-33)32-25(31-21)34-15-8-29-23(30-9-15)12-2-3-12;1-28-21-7-14(26)6-18-17(21)9-22-23(18)24(32-10-13-5-20(27)19(13)11-32)31-25(30-22)34-16-4-2-3-15(8-16)29-12-33;1-28-19-8-14(26)7-18-17(19)10-20-22(18)23(32-11-21(27)25(12-32)5-6-25)31-24(30-20)34-16-4-2-3-15(9-16)29-13-33;1-27-19-6-12(25)5-16-15(19)8-20-21(16)23(31-9-17-18(10-31)22(17)26)30-24(29-20)33-14-4-2-3-13(7-14)28-11-32/h5-6,8-9,12-13,18-19,28H,2-4,7,10-11,27H2,1H3;2-4,6-8,12-13,19-20,28H,5,9-11,27H2,1H3,(H,29,33);2-4,7-9,13,21,28H,5-6,10-12,27H2,1H3,(H,29,33);2-7,11,17-18,22,27H,8-10,26H2,1H3,(H,28,32)/t;13?,19?,20-;21-;/m.10./s1. The lowest BCUT2D eigenvalue weighted by Crippen LogP contribution is -2.46. The van der Waals surface area contributed by atoms with Crippen LogP contribution < -0.4 is 98.7 Å². The maximum absolute atomic E-state index is 14.5. The third kappa shape index (κ3) is 16.2. The molecule has 0 radical (unpaired) electrons. The molecule has 15 N–H and O–H groups in total. The molecule has 3 amide bonds. The van der Waals surface area contributed by atoms with Gasteiger partial charge in [-0.2, -0.15) is 39.9 Å². The van der Waals surface area contributed by atoms with Gasteiger partial charge in [-0.1, -0.05) is 18.2 Å². The largest absolute Gasteiger partial charge is 0.424 e. The van der Waals surface area contributed by atoms with E-state index in [-0.39, 0.29) is 76.9 Å². The van der Waals surface area contributed by atoms with Gasteiger partial charge in [-0.25, -0.2) is 27.5 Å². The van der Waals surface area contributed by atoms with Crippen LogP contribution in [0.15, 0.2) is 134 Å². The third-order valence-corrected chi connectivity index (χ3v) is 29.1. The summed E-state index contributed by atoms with van der Waals surface area (Å²) in [5, 5.41) is 20.3. The number of fused-ring (bicyclic) bond motifs is 15. The van der Waals surface area contributed by atoms with Gasteiger partial charge in [0, 0.05) is 222 Å². The maximum Gasteiger partial charge on any atom is 0.324 e. The molecule has 135 heavy (non-hydrogen) atoms. The van der Waals surface area contributed by atoms with Crippen molar-refractivity contribution >= 4 is 82.3 Å². The molecule has 7 unspecified atom stereocenters. The number of anilines is 11. The fraction of sp³-hybridized carbons (Fsp3) is 0.343. The first-order valence-corrected chi connectivity index (χ1v) is 45.8. The van der Waals surface area contributed by atoms with Gasteiger partial charge >= 0.3 is 24.0 Å². The molecule has 7 aromatic carbocycles. The molecule has 0 bridgehead atoms. The molecular weight excluding hydrogens is 1730 g/mol. The number of benzene rings is 7. The number of ether oxygens (including phenoxy) is 4. The zero-order chi connectivity index (χ0) is 92.5. The van der Waals surface area contributed by atoms with Crippen molar-refractivity contribution in [1.82, 2.24) is 49.8 Å². The minimum absolute atomic E-state index is 0.0785. The summed E-state index contributed by atoms with van der Waals surface area (Å²) in [5.41, 5.74) is 44.2. The number of amides is 3. The summed E-state index contributed by atoms with van der Waals surface area (Å²) in [6.45, 7) is 6.56. The van der Waals surface area contributed by atoms with Crippen LogP contribution in [0.1, 0.15) is 95.3 Å². The number of halogens is 4. The molecular formula is C99H99F4N25O7. The Morgan fingerprint density at radius 2 is 0.719 bits per heavy atom. The zero-order valence-electron chi connectivity index (χ0n) is 74.5. The molecule has 9 fully saturated rings. The smallest absolute Gasteiger partial charge is 0.324 e. The molecule has 32 nitrogen and oxygen atoms in total. The minimum atomic E-state index is -0.307. The van der Waals surface area contributed by atoms with Crippen molar-refractivity contribution in [2.45, 2.75) is 94.3 Å². The van der Waals surface area contributed by atoms with E-state index in [4.69, 9.17) is 81.8 Å². The summed E-state index contributed by atoms with van der Waals surface area (Å²) >= 11 is 0. The minimum Gasteiger partial charge on any atom is -0.424 e. The number of piperidine rings is 1. The molecule has 1 spiro atoms. The number of nitrogens with zero attached hydrogens (tertiary/aromatic N) is 14. The second-order valence-electron chi connectivity index (χ2n) is 37.2. The predicted molar refractivity (Wildman–Crippen MR) is 504 cm³/mol. The fourth-order valence-corrected chi connectivity index (χ4v) is 21.7. The first kappa shape index (κ1) is 86.0. The van der Waals surface area contributed by atoms with Gasteiger partial charge in [0.2, 0.25) is 19.2 Å². The van der Waals surface area contributed by atoms with Gasteiger partial charge in [-0.05, 0) is 203 Å². The van der Waals surface area contributed by atoms with E-state index in [0.29, 0.717) is 133 Å². The van der Waals surface area contributed by atoms with Crippen LogP contribution in [0.25, 0.3) is 44.5 Å². The lowest BCUT2D eigenvalue weighted by atomic mass is 9.72. The molecule has 690 valence electrons. The number of rotatable bonds is 23. The molecule has 12 aromatic rings. The second kappa shape index (κ2) is 34.5. The molecule has 9 atom stereocenters. The third-order valence-electron chi connectivity index (χ3n) is 29.1. The van der Waals surface area contributed by atoms with Crippen LogP contribution in [0.4, 0.5) is 80.6 Å². The average Bonchev–Trinajstić information content (AvgIpc) is 1.70. The molecule has 5 saturated carbocycles. The van der Waals surface area contributed by atoms with Gasteiger partial charge < -0.3 is 98.7 Å². The van der Waals surface area contributed by atoms with Gasteiger partial charge in [0.15, 0.2) is 5.75 Å². The van der Waals surface area contributed by atoms with Crippen LogP contribution in [0.3, 0.4) is 0 Å². The van der Waals surface area contributed by atoms with Crippen molar-refractivity contribution in [2.75, 3.05) is 137 Å². The van der Waals surface area contributed by atoms with Gasteiger partial charge in [0.25, 0.3) is 0 Å². The Hall–Kier alpha value is -14.5. The first-order chi connectivity index (χ1) is 65.6. The van der Waals surface area contributed by atoms with E-state index in [2.05, 4.69) is 66.8 Å². The predicted octanol–water partition coefficient (Wildman–Crippen LogP) is 13.3. The van der Waals surface area contributed by atoms with Gasteiger partial charge in [0.05, 0.1) is 35.2 Å². The second-order valence-corrected chi connectivity index (χ2v) is 37.2. The van der Waals surface area contributed by atoms with Crippen LogP contribution in [0.5, 0.6) is 47.0 Å². The SMILES string of the molecule is CNc1cc(F)cc2c1Cc1nc(Oc3cccc(NC=O)c3)nc(N3CC4C(N)C4C3)c1-2.CNc1cc(F)cc2c1Cc1nc(Oc3cccc(NC=O)c3)nc(N3CC4C[C@@H](N)C4C3)c1-2.CNc1cc(F)cc2c1Cc1nc(Oc3cccc(NC=O)c3)nc(N3C[C@H](N)C4(CC4)C3)c1-2.CNc1cc(F)cc2c1Cc1nc(Oc3cnc(C4CC4)nc3)nc(N3CC4CC(N)C4C3)c1-2. The molecule has 25 rings (SSSR count). The van der Waals surface area contributed by atoms with Crippen molar-refractivity contribution in [3.63, 3.8) is 0 Å². The number of nitrogens with two attached hydrogens (primary N) is 4. The highest BCUT2D eigenvalue weighted by Crippen LogP contribution is 2.58. The summed E-state index contributed by atoms with van der Waals surface area (Å²) in [6, 6.07) is 35.1. The van der Waals surface area contributed by atoms with E-state index >= 15 is 0 Å². The molecule has 9 heterocycles. The summed E-state index contributed by atoms with van der Waals surface area (Å²) in [4.78, 5) is 88.4. The number of hydrogen-bond donors (Lipinski definition) is 11. The van der Waals surface area contributed by atoms with Gasteiger partial charge in [0.1, 0.15) is 69.6 Å². The molecule has 13 aliphatic rings. The number of aromatic nitrogens is 10. The zero-order valence-corrected chi connectivity index (χ0v) is 74.5. The first-order valence-electron chi connectivity index (χ1n) is 45.8. The van der Waals surface area contributed by atoms with E-state index < -0.39 is 0 Å². The number of carbonyl (C=O) groups is 3. The Kier molecular flexibility index (Phi) is 22.0. The van der Waals surface area contributed by atoms with E-state index in [9.17, 15) is 31.9 Å². The quantitative estimate of drug-likeness (QED) is 0.0209. The number of nitrogens with one attached hydrogen (secondary N) is 7. The lowest BCUT2D eigenvalue weighted by molar-refractivity contribution is -0.106. The van der Waals surface area contributed by atoms with Gasteiger partial charge in [-0.15, -0.1) is 0 Å².